The van der Waals surface area contributed by atoms with Crippen molar-refractivity contribution in [3.63, 3.8) is 0 Å². The number of hydrogen-bond acceptors (Lipinski definition) is 4. The van der Waals surface area contributed by atoms with E-state index in [4.69, 9.17) is 4.74 Å². The molecule has 6 heteroatoms. The van der Waals surface area contributed by atoms with Crippen LogP contribution in [0.5, 0.6) is 5.75 Å². The van der Waals surface area contributed by atoms with Gasteiger partial charge in [0.15, 0.2) is 0 Å². The highest BCUT2D eigenvalue weighted by Gasteiger charge is 2.48. The number of ether oxygens (including phenoxy) is 1. The molecule has 0 saturated heterocycles. The smallest absolute Gasteiger partial charge is 0.254 e. The highest BCUT2D eigenvalue weighted by atomic mass is 19.1. The lowest BCUT2D eigenvalue weighted by molar-refractivity contribution is -0.135. The number of fused-ring (bicyclic) bond motifs is 1. The van der Waals surface area contributed by atoms with Crippen molar-refractivity contribution in [3.05, 3.63) is 58.9 Å². The van der Waals surface area contributed by atoms with Crippen LogP contribution in [0.15, 0.2) is 36.4 Å². The van der Waals surface area contributed by atoms with E-state index in [1.165, 1.54) is 6.07 Å². The van der Waals surface area contributed by atoms with E-state index in [1.807, 2.05) is 31.5 Å². The van der Waals surface area contributed by atoms with Gasteiger partial charge in [-0.15, -0.1) is 0 Å². The Bertz CT molecular complexity index is 959. The third kappa shape index (κ3) is 3.35. The summed E-state index contributed by atoms with van der Waals surface area (Å²) in [5.74, 6) is 0.129. The van der Waals surface area contributed by atoms with Crippen LogP contribution >= 0.6 is 0 Å². The van der Waals surface area contributed by atoms with Gasteiger partial charge in [0, 0.05) is 0 Å². The van der Waals surface area contributed by atoms with Gasteiger partial charge >= 0.3 is 0 Å². The first kappa shape index (κ1) is 19.7. The van der Waals surface area contributed by atoms with Gasteiger partial charge in [-0.05, 0) is 80.8 Å². The molecule has 4 rings (SSSR count). The average Bonchev–Trinajstić information content (AvgIpc) is 3.15. The van der Waals surface area contributed by atoms with Crippen LogP contribution < -0.4 is 15.5 Å². The first-order valence-electron chi connectivity index (χ1n) is 10.0. The maximum Gasteiger partial charge on any atom is 0.254 e. The number of amides is 1. The number of benzene rings is 2. The summed E-state index contributed by atoms with van der Waals surface area (Å²) in [6.07, 6.45) is 1.83. The van der Waals surface area contributed by atoms with Gasteiger partial charge in [0.05, 0.1) is 17.6 Å². The van der Waals surface area contributed by atoms with E-state index >= 15 is 0 Å². The predicted octanol–water partition coefficient (Wildman–Crippen LogP) is 4.43. The number of hydrogen-bond donors (Lipinski definition) is 3. The van der Waals surface area contributed by atoms with Gasteiger partial charge in [0.1, 0.15) is 17.2 Å². The molecule has 2 atom stereocenters. The second-order valence-electron chi connectivity index (χ2n) is 8.85. The summed E-state index contributed by atoms with van der Waals surface area (Å²) in [5.41, 5.74) is 3.79. The summed E-state index contributed by atoms with van der Waals surface area (Å²) >= 11 is 0. The molecule has 0 spiro atoms. The topological polar surface area (TPSA) is 70.6 Å². The lowest BCUT2D eigenvalue weighted by Crippen LogP contribution is -2.42. The van der Waals surface area contributed by atoms with Crippen LogP contribution in [0.2, 0.25) is 0 Å². The lowest BCUT2D eigenvalue weighted by Gasteiger charge is -2.34. The number of carbonyl (C=O) groups is 1. The zero-order valence-corrected chi connectivity index (χ0v) is 17.0. The third-order valence-corrected chi connectivity index (χ3v) is 6.40. The van der Waals surface area contributed by atoms with Crippen molar-refractivity contribution in [2.75, 3.05) is 11.9 Å². The minimum atomic E-state index is -0.951. The minimum Gasteiger partial charge on any atom is -0.484 e. The van der Waals surface area contributed by atoms with E-state index < -0.39 is 11.3 Å². The molecular weight excluding hydrogens is 371 g/mol. The Balaban J connectivity index is 1.67. The van der Waals surface area contributed by atoms with Gasteiger partial charge in [-0.3, -0.25) is 10.0 Å². The van der Waals surface area contributed by atoms with Gasteiger partial charge in [-0.1, -0.05) is 18.2 Å². The molecule has 3 N–H and O–H groups in total. The molecule has 1 aliphatic heterocycles. The van der Waals surface area contributed by atoms with Crippen molar-refractivity contribution in [2.24, 2.45) is 0 Å². The van der Waals surface area contributed by atoms with Crippen LogP contribution in [0, 0.1) is 12.7 Å². The first-order chi connectivity index (χ1) is 13.8. The van der Waals surface area contributed by atoms with Crippen molar-refractivity contribution in [1.82, 2.24) is 5.48 Å². The Morgan fingerprint density at radius 3 is 2.86 bits per heavy atom. The van der Waals surface area contributed by atoms with Crippen molar-refractivity contribution in [3.8, 4) is 5.75 Å². The summed E-state index contributed by atoms with van der Waals surface area (Å²) in [4.78, 5) is 12.8. The van der Waals surface area contributed by atoms with Gasteiger partial charge in [0.2, 0.25) is 0 Å². The summed E-state index contributed by atoms with van der Waals surface area (Å²) in [5, 5.41) is 12.9. The largest absolute Gasteiger partial charge is 0.484 e. The Morgan fingerprint density at radius 2 is 2.10 bits per heavy atom. The minimum absolute atomic E-state index is 0.122. The van der Waals surface area contributed by atoms with E-state index in [2.05, 4.69) is 11.4 Å². The van der Waals surface area contributed by atoms with Gasteiger partial charge in [-0.25, -0.2) is 9.87 Å². The molecule has 1 aliphatic carbocycles. The first-order valence-corrected chi connectivity index (χ1v) is 10.0. The van der Waals surface area contributed by atoms with Crippen LogP contribution in [0.25, 0.3) is 0 Å². The van der Waals surface area contributed by atoms with E-state index in [0.29, 0.717) is 30.5 Å². The van der Waals surface area contributed by atoms with Crippen molar-refractivity contribution in [2.45, 2.75) is 57.0 Å². The number of halogens is 1. The molecule has 2 aromatic carbocycles. The highest BCUT2D eigenvalue weighted by Crippen LogP contribution is 2.50. The molecule has 0 bridgehead atoms. The van der Waals surface area contributed by atoms with E-state index in [1.54, 1.807) is 19.1 Å². The highest BCUT2D eigenvalue weighted by molar-refractivity contribution is 5.88. The van der Waals surface area contributed by atoms with Gasteiger partial charge in [0.25, 0.3) is 5.91 Å². The van der Waals surface area contributed by atoms with Gasteiger partial charge < -0.3 is 10.1 Å². The fourth-order valence-electron chi connectivity index (χ4n) is 4.81. The molecule has 1 amide bonds. The van der Waals surface area contributed by atoms with E-state index in [0.717, 1.165) is 23.4 Å². The Kier molecular flexibility index (Phi) is 4.77. The average molecular weight is 398 g/mol. The molecule has 0 unspecified atom stereocenters. The Hall–Kier alpha value is -2.60. The van der Waals surface area contributed by atoms with E-state index in [-0.39, 0.29) is 17.3 Å². The van der Waals surface area contributed by atoms with Crippen molar-refractivity contribution < 1.29 is 19.1 Å². The Labute approximate surface area is 170 Å². The molecule has 1 fully saturated rings. The summed E-state index contributed by atoms with van der Waals surface area (Å²) in [6.45, 7) is 6.48. The maximum absolute atomic E-state index is 14.2. The van der Waals surface area contributed by atoms with Crippen molar-refractivity contribution >= 4 is 11.6 Å². The lowest BCUT2D eigenvalue weighted by atomic mass is 9.75. The number of rotatable bonds is 3. The molecule has 1 heterocycles. The zero-order valence-electron chi connectivity index (χ0n) is 17.0. The van der Waals surface area contributed by atoms with Crippen LogP contribution in [-0.4, -0.2) is 23.3 Å². The molecule has 5 nitrogen and oxygen atoms in total. The monoisotopic (exact) mass is 398 g/mol. The molecule has 0 radical (unpaired) electrons. The number of anilines is 1. The summed E-state index contributed by atoms with van der Waals surface area (Å²) < 4.78 is 20.3. The molecule has 2 aromatic rings. The molecule has 2 aliphatic rings. The fraction of sp³-hybridized carbons (Fsp3) is 0.435. The molecular formula is C23H27FN2O3. The van der Waals surface area contributed by atoms with Crippen molar-refractivity contribution in [1.29, 1.82) is 0 Å². The van der Waals surface area contributed by atoms with Crippen LogP contribution in [0.1, 0.15) is 55.7 Å². The molecule has 0 aromatic heterocycles. The normalized spacial score (nSPS) is 24.9. The second kappa shape index (κ2) is 7.02. The molecule has 154 valence electrons. The SMILES string of the molecule is Cc1c(F)cccc1[C@]1(C(=O)NO)CC[C@@H](c2ccc3c(c2)NCC(C)(C)O3)C1. The standard InChI is InChI=1S/C23H27FN2O3/c1-14-17(5-4-6-18(14)24)23(21(27)26-28)10-9-16(12-23)15-7-8-20-19(11-15)25-13-22(2,3)29-20/h4-8,11,16,25,28H,9-10,12-13H2,1-3H3,(H,26,27)/t16-,23+/m1/s1. The number of carbonyl (C=O) groups excluding carboxylic acids is 1. The number of nitrogens with one attached hydrogen (secondary N) is 2. The fourth-order valence-corrected chi connectivity index (χ4v) is 4.81. The quantitative estimate of drug-likeness (QED) is 0.528. The Morgan fingerprint density at radius 1 is 1.31 bits per heavy atom. The van der Waals surface area contributed by atoms with E-state index in [9.17, 15) is 14.4 Å². The molecule has 29 heavy (non-hydrogen) atoms. The van der Waals surface area contributed by atoms with Gasteiger partial charge in [-0.2, -0.15) is 0 Å². The zero-order chi connectivity index (χ0) is 20.8. The predicted molar refractivity (Wildman–Crippen MR) is 109 cm³/mol. The number of hydroxylamine groups is 1. The third-order valence-electron chi connectivity index (χ3n) is 6.40. The second-order valence-corrected chi connectivity index (χ2v) is 8.85. The van der Waals surface area contributed by atoms with Crippen LogP contribution in [-0.2, 0) is 10.2 Å². The van der Waals surface area contributed by atoms with Crippen LogP contribution in [0.3, 0.4) is 0 Å². The maximum atomic E-state index is 14.2. The molecule has 1 saturated carbocycles. The van der Waals surface area contributed by atoms with Crippen LogP contribution in [0.4, 0.5) is 10.1 Å². The summed E-state index contributed by atoms with van der Waals surface area (Å²) in [6, 6.07) is 10.9. The summed E-state index contributed by atoms with van der Waals surface area (Å²) in [7, 11) is 0.